The highest BCUT2D eigenvalue weighted by Crippen LogP contribution is 2.37. The largest absolute Gasteiger partial charge is 0.493 e. The fourth-order valence-electron chi connectivity index (χ4n) is 15.0. The molecule has 32 heteroatoms. The van der Waals surface area contributed by atoms with Crippen LogP contribution >= 0.6 is 0 Å². The number of hydrogen-bond donors (Lipinski definition) is 4. The summed E-state index contributed by atoms with van der Waals surface area (Å²) in [4.78, 5) is 103. The molecule has 2 unspecified atom stereocenters. The van der Waals surface area contributed by atoms with Gasteiger partial charge in [0.1, 0.15) is 69.3 Å². The van der Waals surface area contributed by atoms with Gasteiger partial charge in [-0.05, 0) is 101 Å². The Hall–Kier alpha value is -13.9. The van der Waals surface area contributed by atoms with Crippen molar-refractivity contribution in [2.24, 2.45) is 80.9 Å². The Bertz CT molecular complexity index is 5430. The fraction of sp³-hybridized carbons (Fsp3) is 0.464. The molecule has 0 saturated carbocycles. The zero-order chi connectivity index (χ0) is 93.9. The number of aromatic hydroxyl groups is 4. The summed E-state index contributed by atoms with van der Waals surface area (Å²) in [6.07, 6.45) is 36.6. The van der Waals surface area contributed by atoms with Crippen molar-refractivity contribution in [2.75, 3.05) is 20.0 Å². The van der Waals surface area contributed by atoms with Crippen molar-refractivity contribution in [1.82, 2.24) is 18.3 Å². The van der Waals surface area contributed by atoms with Crippen LogP contribution in [0, 0.1) is 84.9 Å². The normalized spacial score (nSPS) is 11.7. The van der Waals surface area contributed by atoms with Gasteiger partial charge in [-0.1, -0.05) is 242 Å². The Balaban J connectivity index is 0.000000408. The number of nitrogens with zero attached hydrogens (tertiary/aromatic N) is 16. The maximum atomic E-state index is 13.2. The zero-order valence-electron chi connectivity index (χ0n) is 75.6. The van der Waals surface area contributed by atoms with Gasteiger partial charge in [0.2, 0.25) is 30.3 Å². The predicted octanol–water partition coefficient (Wildman–Crippen LogP) is 22.3. The van der Waals surface area contributed by atoms with Crippen molar-refractivity contribution < 1.29 is 58.6 Å². The molecule has 32 nitrogen and oxygen atoms in total. The van der Waals surface area contributed by atoms with Crippen LogP contribution in [0.2, 0.25) is 0 Å². The molecule has 0 aliphatic carbocycles. The first kappa shape index (κ1) is 102. The number of aromatic nitrogens is 4. The summed E-state index contributed by atoms with van der Waals surface area (Å²) < 4.78 is 25.1. The smallest absolute Gasteiger partial charge is 0.343 e. The van der Waals surface area contributed by atoms with Gasteiger partial charge in [-0.3, -0.25) is 37.4 Å². The van der Waals surface area contributed by atoms with Crippen LogP contribution in [0.25, 0.3) is 0 Å². The van der Waals surface area contributed by atoms with Crippen molar-refractivity contribution in [3.63, 3.8) is 0 Å². The standard InChI is InChI=1S/C66H94N8O8.C31H24N8O8/c1-7-9-11-13-15-21-27-37-51(39-29-23-17-19-25-35-45-81-65(79)53-41-31-33-43-57(53)69-71-59-49(3)55(47-67)61(75)73(5)63(59)77)52(38-28-22-16-14-12-10-8-2)40-30-24-18-20-26-36-46-82-66(80)54-42-32-34-44-58(54)70-72-60-50(4)56(48-68)62(76)74(6)64(60)78;1-16-20(13-32)26(40)38(3)28(42)24(16)36-34-22-11-7-5-9-18(22)30(44)46-15-47-31(45)19-10-6-8-12-23(19)35-37-25-17(2)21(14-33)27(41)39(4)29(25)43/h31-34,41-44,51-52,75-76H,7-30,35-40,45-46H2,1-6H3;5-12,40-41H,15H2,1-4H3. The fourth-order valence-corrected chi connectivity index (χ4v) is 15.0. The van der Waals surface area contributed by atoms with Gasteiger partial charge in [0.15, 0.2) is 22.7 Å². The molecule has 0 spiro atoms. The molecule has 4 N–H and O–H groups in total. The van der Waals surface area contributed by atoms with Crippen LogP contribution in [0.5, 0.6) is 23.5 Å². The van der Waals surface area contributed by atoms with Crippen molar-refractivity contribution in [3.8, 4) is 47.8 Å². The highest BCUT2D eigenvalue weighted by molar-refractivity contribution is 5.97. The molecule has 0 bridgehead atoms. The number of ether oxygens (including phenoxy) is 4. The maximum absolute atomic E-state index is 13.2. The van der Waals surface area contributed by atoms with E-state index in [0.717, 1.165) is 81.5 Å². The Morgan fingerprint density at radius 1 is 0.310 bits per heavy atom. The van der Waals surface area contributed by atoms with Gasteiger partial charge in [-0.2, -0.15) is 21.0 Å². The summed E-state index contributed by atoms with van der Waals surface area (Å²) in [5.41, 5.74) is -2.38. The molecule has 8 rings (SSSR count). The Kier molecular flexibility index (Phi) is 42.4. The Labute approximate surface area is 751 Å². The summed E-state index contributed by atoms with van der Waals surface area (Å²) in [6.45, 7) is 10.2. The van der Waals surface area contributed by atoms with Gasteiger partial charge in [0.25, 0.3) is 22.2 Å². The number of benzene rings is 4. The molecular formula is C97H118N16O16. The maximum Gasteiger partial charge on any atom is 0.343 e. The SMILES string of the molecule is CCCCCCCCCC(CCCCCCCCOC(=O)c1ccccc1N=Nc1c(C)c(C#N)c(O)n(C)c1=O)C(CCCCCCCCC)CCCCCCCCOC(=O)c1ccccc1N=Nc1c(C)c(C#N)c(O)n(C)c1=O.Cc1c(C#N)c(O)n(C)c(=O)c1N=Nc1ccccc1C(=O)OCOC(=O)c1ccccc1N=Nc1c(C)c(C#N)c(O)n(C)c1=O. The topological polar surface area (TPSA) is 468 Å². The van der Waals surface area contributed by atoms with E-state index in [0.29, 0.717) is 13.2 Å². The molecule has 4 heterocycles. The lowest BCUT2D eigenvalue weighted by atomic mass is 9.78. The average Bonchev–Trinajstić information content (AvgIpc) is 0.802. The van der Waals surface area contributed by atoms with Crippen LogP contribution in [0.15, 0.2) is 157 Å². The van der Waals surface area contributed by atoms with E-state index < -0.39 is 76.4 Å². The predicted molar refractivity (Wildman–Crippen MR) is 487 cm³/mol. The number of carbonyl (C=O) groups excluding carboxylic acids is 4. The molecule has 8 aromatic rings. The Morgan fingerprint density at radius 3 is 0.736 bits per heavy atom. The number of hydrogen-bond acceptors (Lipinski definition) is 28. The van der Waals surface area contributed by atoms with Crippen LogP contribution in [0.3, 0.4) is 0 Å². The number of unbranched alkanes of at least 4 members (excludes halogenated alkanes) is 22. The van der Waals surface area contributed by atoms with Crippen LogP contribution in [0.4, 0.5) is 45.5 Å². The molecule has 0 fully saturated rings. The highest BCUT2D eigenvalue weighted by atomic mass is 16.7. The molecule has 0 aliphatic heterocycles. The van der Waals surface area contributed by atoms with E-state index in [1.807, 2.05) is 12.1 Å². The summed E-state index contributed by atoms with van der Waals surface area (Å²) in [5.74, 6) is -3.34. The molecule has 0 radical (unpaired) electrons. The van der Waals surface area contributed by atoms with Crippen LogP contribution < -0.4 is 22.2 Å². The van der Waals surface area contributed by atoms with Gasteiger partial charge >= 0.3 is 23.9 Å². The van der Waals surface area contributed by atoms with E-state index >= 15 is 0 Å². The minimum absolute atomic E-state index is 0.00200. The van der Waals surface area contributed by atoms with E-state index in [4.69, 9.17) is 18.9 Å². The number of azo groups is 4. The van der Waals surface area contributed by atoms with Crippen LogP contribution in [0.1, 0.15) is 292 Å². The first-order valence-electron chi connectivity index (χ1n) is 44.2. The van der Waals surface area contributed by atoms with Crippen molar-refractivity contribution in [2.45, 2.75) is 234 Å². The molecule has 4 aromatic carbocycles. The lowest BCUT2D eigenvalue weighted by Crippen LogP contribution is -2.18. The summed E-state index contributed by atoms with van der Waals surface area (Å²) in [7, 11) is 5.21. The van der Waals surface area contributed by atoms with E-state index in [9.17, 15) is 79.8 Å². The van der Waals surface area contributed by atoms with Gasteiger partial charge in [-0.15, -0.1) is 40.9 Å². The third kappa shape index (κ3) is 29.1. The van der Waals surface area contributed by atoms with E-state index in [1.165, 1.54) is 234 Å². The first-order valence-corrected chi connectivity index (χ1v) is 44.2. The molecule has 4 aromatic heterocycles. The monoisotopic (exact) mass is 1760 g/mol. The van der Waals surface area contributed by atoms with Crippen LogP contribution in [-0.2, 0) is 47.1 Å². The number of pyridine rings is 4. The van der Waals surface area contributed by atoms with Gasteiger partial charge in [0.05, 0.1) is 35.5 Å². The van der Waals surface area contributed by atoms with Gasteiger partial charge < -0.3 is 39.4 Å². The van der Waals surface area contributed by atoms with Crippen molar-refractivity contribution in [1.29, 1.82) is 21.0 Å². The van der Waals surface area contributed by atoms with Gasteiger partial charge in [-0.25, -0.2) is 19.2 Å². The molecule has 0 saturated heterocycles. The minimum atomic E-state index is -0.944. The first-order chi connectivity index (χ1) is 62.2. The lowest BCUT2D eigenvalue weighted by molar-refractivity contribution is -0.0167. The zero-order valence-corrected chi connectivity index (χ0v) is 75.6. The highest BCUT2D eigenvalue weighted by Gasteiger charge is 2.26. The second-order valence-corrected chi connectivity index (χ2v) is 31.9. The third-order valence-electron chi connectivity index (χ3n) is 22.9. The van der Waals surface area contributed by atoms with Crippen molar-refractivity contribution in [3.05, 3.63) is 205 Å². The van der Waals surface area contributed by atoms with Gasteiger partial charge in [0, 0.05) is 50.4 Å². The molecule has 0 aliphatic rings. The molecular weight excluding hydrogens is 1650 g/mol. The quantitative estimate of drug-likeness (QED) is 0.00904. The number of nitriles is 4. The summed E-state index contributed by atoms with van der Waals surface area (Å²) >= 11 is 0. The minimum Gasteiger partial charge on any atom is -0.493 e. The molecule has 0 amide bonds. The van der Waals surface area contributed by atoms with E-state index in [1.54, 1.807) is 72.8 Å². The molecule has 682 valence electrons. The second kappa shape index (κ2) is 53.6. The summed E-state index contributed by atoms with van der Waals surface area (Å²) in [6, 6.07) is 32.4. The van der Waals surface area contributed by atoms with E-state index in [2.05, 4.69) is 54.8 Å². The molecule has 129 heavy (non-hydrogen) atoms. The molecule has 2 atom stereocenters. The average molecular weight is 1760 g/mol. The van der Waals surface area contributed by atoms with E-state index in [-0.39, 0.29) is 112 Å². The summed E-state index contributed by atoms with van der Waals surface area (Å²) in [5, 5.41) is 111. The second-order valence-electron chi connectivity index (χ2n) is 31.9. The number of esters is 4. The van der Waals surface area contributed by atoms with Crippen LogP contribution in [-0.4, -0.2) is 82.6 Å². The number of carbonyl (C=O) groups is 4. The number of rotatable bonds is 49. The lowest BCUT2D eigenvalue weighted by Gasteiger charge is -2.28. The Morgan fingerprint density at radius 2 is 0.512 bits per heavy atom. The third-order valence-corrected chi connectivity index (χ3v) is 22.9. The van der Waals surface area contributed by atoms with Crippen molar-refractivity contribution >= 4 is 69.4 Å².